The van der Waals surface area contributed by atoms with Gasteiger partial charge in [0.2, 0.25) is 0 Å². The summed E-state index contributed by atoms with van der Waals surface area (Å²) in [5, 5.41) is 5.14. The predicted octanol–water partition coefficient (Wildman–Crippen LogP) is 6.11. The first-order valence-corrected chi connectivity index (χ1v) is 7.92. The Labute approximate surface area is 137 Å². The molecule has 0 aromatic heterocycles. The molecule has 21 heavy (non-hydrogen) atoms. The molecule has 1 aromatic rings. The number of benzene rings is 1. The van der Waals surface area contributed by atoms with E-state index >= 15 is 0 Å². The molecule has 0 aliphatic rings. The molecule has 0 aliphatic heterocycles. The fourth-order valence-electron chi connectivity index (χ4n) is 1.88. The molecule has 1 rings (SSSR count). The molecule has 0 heterocycles. The van der Waals surface area contributed by atoms with Crippen LogP contribution in [0.15, 0.2) is 36.0 Å². The van der Waals surface area contributed by atoms with Gasteiger partial charge in [0.15, 0.2) is 5.60 Å². The summed E-state index contributed by atoms with van der Waals surface area (Å²) in [6.45, 7) is 10.2. The van der Waals surface area contributed by atoms with E-state index in [1.165, 1.54) is 0 Å². The Kier molecular flexibility index (Phi) is 7.27. The van der Waals surface area contributed by atoms with E-state index in [0.29, 0.717) is 21.5 Å². The third-order valence-corrected chi connectivity index (χ3v) is 3.99. The standard InChI is InChI=1S/C17H23Cl2NO/c1-5-17(4,11-7-8-13(2)3)21-20-12-14-15(18)9-6-10-16(14)19/h5-6,9-10,12-13H,1,7-8,11H2,2-4H3. The molecule has 4 heteroatoms. The number of nitrogens with zero attached hydrogens (tertiary/aromatic N) is 1. The quantitative estimate of drug-likeness (QED) is 0.320. The lowest BCUT2D eigenvalue weighted by Crippen LogP contribution is -2.23. The second-order valence-electron chi connectivity index (χ2n) is 5.76. The van der Waals surface area contributed by atoms with E-state index in [1.807, 2.05) is 6.92 Å². The fourth-order valence-corrected chi connectivity index (χ4v) is 2.37. The van der Waals surface area contributed by atoms with Crippen molar-refractivity contribution in [2.24, 2.45) is 11.1 Å². The third kappa shape index (κ3) is 6.11. The van der Waals surface area contributed by atoms with Gasteiger partial charge < -0.3 is 4.84 Å². The van der Waals surface area contributed by atoms with Crippen molar-refractivity contribution in [3.05, 3.63) is 46.5 Å². The molecule has 0 amide bonds. The number of oxime groups is 1. The molecule has 116 valence electrons. The van der Waals surface area contributed by atoms with Crippen LogP contribution in [0.3, 0.4) is 0 Å². The first-order valence-electron chi connectivity index (χ1n) is 7.17. The van der Waals surface area contributed by atoms with Crippen LogP contribution in [-0.4, -0.2) is 11.8 Å². The van der Waals surface area contributed by atoms with Crippen molar-refractivity contribution in [1.29, 1.82) is 0 Å². The van der Waals surface area contributed by atoms with Crippen LogP contribution in [0.2, 0.25) is 10.0 Å². The molecular weight excluding hydrogens is 305 g/mol. The van der Waals surface area contributed by atoms with Crippen LogP contribution in [0.4, 0.5) is 0 Å². The molecule has 0 bridgehead atoms. The van der Waals surface area contributed by atoms with Crippen molar-refractivity contribution in [3.63, 3.8) is 0 Å². The van der Waals surface area contributed by atoms with Gasteiger partial charge in [-0.1, -0.05) is 61.3 Å². The van der Waals surface area contributed by atoms with Crippen LogP contribution in [-0.2, 0) is 4.84 Å². The van der Waals surface area contributed by atoms with Gasteiger partial charge >= 0.3 is 0 Å². The molecule has 0 N–H and O–H groups in total. The van der Waals surface area contributed by atoms with Gasteiger partial charge in [-0.3, -0.25) is 0 Å². The fraction of sp³-hybridized carbons (Fsp3) is 0.471. The highest BCUT2D eigenvalue weighted by molar-refractivity contribution is 6.38. The normalized spacial score (nSPS) is 14.4. The summed E-state index contributed by atoms with van der Waals surface area (Å²) < 4.78 is 0. The average Bonchev–Trinajstić information content (AvgIpc) is 2.42. The maximum absolute atomic E-state index is 6.08. The van der Waals surface area contributed by atoms with Gasteiger partial charge in [-0.15, -0.1) is 0 Å². The van der Waals surface area contributed by atoms with E-state index in [0.717, 1.165) is 19.3 Å². The second kappa shape index (κ2) is 8.45. The number of hydrogen-bond acceptors (Lipinski definition) is 2. The van der Waals surface area contributed by atoms with Crippen LogP contribution in [0, 0.1) is 5.92 Å². The van der Waals surface area contributed by atoms with Gasteiger partial charge in [0.05, 0.1) is 16.3 Å². The first-order chi connectivity index (χ1) is 9.88. The molecule has 0 spiro atoms. The van der Waals surface area contributed by atoms with Crippen molar-refractivity contribution in [3.8, 4) is 0 Å². The summed E-state index contributed by atoms with van der Waals surface area (Å²) in [7, 11) is 0. The van der Waals surface area contributed by atoms with Crippen LogP contribution in [0.25, 0.3) is 0 Å². The molecule has 0 aliphatic carbocycles. The maximum Gasteiger partial charge on any atom is 0.152 e. The Morgan fingerprint density at radius 2 is 1.95 bits per heavy atom. The molecule has 1 atom stereocenters. The average molecular weight is 328 g/mol. The lowest BCUT2D eigenvalue weighted by atomic mass is 9.96. The van der Waals surface area contributed by atoms with Crippen LogP contribution in [0.1, 0.15) is 45.6 Å². The minimum Gasteiger partial charge on any atom is -0.385 e. The molecule has 1 aromatic carbocycles. The number of hydrogen-bond donors (Lipinski definition) is 0. The van der Waals surface area contributed by atoms with Crippen molar-refractivity contribution in [1.82, 2.24) is 0 Å². The summed E-state index contributed by atoms with van der Waals surface area (Å²) in [6, 6.07) is 5.33. The van der Waals surface area contributed by atoms with Gasteiger partial charge in [0.25, 0.3) is 0 Å². The SMILES string of the molecule is C=CC(C)(CCCC(C)C)ON=Cc1c(Cl)cccc1Cl. The van der Waals surface area contributed by atoms with E-state index in [-0.39, 0.29) is 0 Å². The first kappa shape index (κ1) is 18.1. The number of halogens is 2. The Hall–Kier alpha value is -0.990. The Balaban J connectivity index is 2.65. The highest BCUT2D eigenvalue weighted by atomic mass is 35.5. The predicted molar refractivity (Wildman–Crippen MR) is 92.4 cm³/mol. The van der Waals surface area contributed by atoms with Crippen molar-refractivity contribution in [2.45, 2.75) is 45.6 Å². The topological polar surface area (TPSA) is 21.6 Å². The molecule has 0 radical (unpaired) electrons. The van der Waals surface area contributed by atoms with E-state index in [1.54, 1.807) is 30.5 Å². The minimum atomic E-state index is -0.473. The van der Waals surface area contributed by atoms with Gasteiger partial charge in [-0.05, 0) is 43.9 Å². The summed E-state index contributed by atoms with van der Waals surface area (Å²) in [5.74, 6) is 0.685. The van der Waals surface area contributed by atoms with Crippen LogP contribution >= 0.6 is 23.2 Å². The summed E-state index contributed by atoms with van der Waals surface area (Å²) in [4.78, 5) is 5.61. The summed E-state index contributed by atoms with van der Waals surface area (Å²) in [5.41, 5.74) is 0.188. The number of rotatable bonds is 8. The van der Waals surface area contributed by atoms with Gasteiger partial charge in [-0.2, -0.15) is 0 Å². The van der Waals surface area contributed by atoms with Gasteiger partial charge in [0, 0.05) is 5.56 Å². The van der Waals surface area contributed by atoms with Crippen molar-refractivity contribution < 1.29 is 4.84 Å². The lowest BCUT2D eigenvalue weighted by molar-refractivity contribution is 0.00225. The van der Waals surface area contributed by atoms with E-state index < -0.39 is 5.60 Å². The van der Waals surface area contributed by atoms with E-state index in [9.17, 15) is 0 Å². The zero-order valence-corrected chi connectivity index (χ0v) is 14.4. The molecule has 2 nitrogen and oxygen atoms in total. The highest BCUT2D eigenvalue weighted by Crippen LogP contribution is 2.24. The Bertz CT molecular complexity index is 479. The smallest absolute Gasteiger partial charge is 0.152 e. The van der Waals surface area contributed by atoms with Crippen LogP contribution in [0.5, 0.6) is 0 Å². The molecule has 0 fully saturated rings. The molecular formula is C17H23Cl2NO. The molecule has 0 saturated carbocycles. The Morgan fingerprint density at radius 1 is 1.33 bits per heavy atom. The van der Waals surface area contributed by atoms with Gasteiger partial charge in [0.1, 0.15) is 0 Å². The molecule has 1 unspecified atom stereocenters. The summed E-state index contributed by atoms with van der Waals surface area (Å²) in [6.07, 6.45) is 6.45. The summed E-state index contributed by atoms with van der Waals surface area (Å²) >= 11 is 12.2. The van der Waals surface area contributed by atoms with E-state index in [4.69, 9.17) is 28.0 Å². The van der Waals surface area contributed by atoms with Crippen LogP contribution < -0.4 is 0 Å². The Morgan fingerprint density at radius 3 is 2.48 bits per heavy atom. The van der Waals surface area contributed by atoms with Crippen molar-refractivity contribution >= 4 is 29.4 Å². The van der Waals surface area contributed by atoms with E-state index in [2.05, 4.69) is 25.6 Å². The molecule has 0 saturated heterocycles. The lowest BCUT2D eigenvalue weighted by Gasteiger charge is -2.23. The van der Waals surface area contributed by atoms with Crippen molar-refractivity contribution in [2.75, 3.05) is 0 Å². The zero-order valence-electron chi connectivity index (χ0n) is 12.9. The zero-order chi connectivity index (χ0) is 15.9. The maximum atomic E-state index is 6.08. The minimum absolute atomic E-state index is 0.473. The monoisotopic (exact) mass is 327 g/mol. The third-order valence-electron chi connectivity index (χ3n) is 3.33. The largest absolute Gasteiger partial charge is 0.385 e. The highest BCUT2D eigenvalue weighted by Gasteiger charge is 2.21. The van der Waals surface area contributed by atoms with Gasteiger partial charge in [-0.25, -0.2) is 0 Å². The second-order valence-corrected chi connectivity index (χ2v) is 6.58.